The van der Waals surface area contributed by atoms with Gasteiger partial charge < -0.3 is 9.64 Å². The highest BCUT2D eigenvalue weighted by Crippen LogP contribution is 2.35. The number of carbonyl (C=O) groups excluding carboxylic acids is 1. The quantitative estimate of drug-likeness (QED) is 0.858. The van der Waals surface area contributed by atoms with Crippen molar-refractivity contribution in [3.8, 4) is 0 Å². The second-order valence-corrected chi connectivity index (χ2v) is 5.29. The first-order valence-electron chi connectivity index (χ1n) is 7.25. The molecule has 0 bridgehead atoms. The number of amides is 1. The molecule has 108 valence electrons. The van der Waals surface area contributed by atoms with Gasteiger partial charge in [-0.25, -0.2) is 0 Å². The summed E-state index contributed by atoms with van der Waals surface area (Å²) in [6.45, 7) is 0.604. The molecule has 2 aromatic carbocycles. The van der Waals surface area contributed by atoms with E-state index in [-0.39, 0.29) is 12.0 Å². The minimum Gasteiger partial charge on any atom is -0.377 e. The van der Waals surface area contributed by atoms with E-state index < -0.39 is 0 Å². The fraction of sp³-hybridized carbons (Fsp3) is 0.278. The molecule has 0 N–H and O–H groups in total. The zero-order valence-corrected chi connectivity index (χ0v) is 12.2. The Bertz CT molecular complexity index is 624. The molecule has 1 atom stereocenters. The number of hydrogen-bond donors (Lipinski definition) is 0. The summed E-state index contributed by atoms with van der Waals surface area (Å²) in [7, 11) is 1.71. The minimum absolute atomic E-state index is 0.00840. The van der Waals surface area contributed by atoms with Crippen LogP contribution in [0.25, 0.3) is 0 Å². The smallest absolute Gasteiger partial charge is 0.227 e. The van der Waals surface area contributed by atoms with Crippen LogP contribution in [-0.2, 0) is 16.1 Å². The van der Waals surface area contributed by atoms with Gasteiger partial charge in [0.1, 0.15) is 0 Å². The maximum absolute atomic E-state index is 12.5. The average molecular weight is 281 g/mol. The number of rotatable bonds is 3. The lowest BCUT2D eigenvalue weighted by atomic mass is 10.0. The molecule has 0 saturated heterocycles. The third kappa shape index (κ3) is 2.83. The molecule has 0 radical (unpaired) electrons. The Morgan fingerprint density at radius 1 is 1.10 bits per heavy atom. The summed E-state index contributed by atoms with van der Waals surface area (Å²) >= 11 is 0. The van der Waals surface area contributed by atoms with Crippen molar-refractivity contribution < 1.29 is 9.53 Å². The molecule has 0 fully saturated rings. The van der Waals surface area contributed by atoms with E-state index in [1.807, 2.05) is 41.3 Å². The van der Waals surface area contributed by atoms with Crippen LogP contribution < -0.4 is 4.90 Å². The van der Waals surface area contributed by atoms with Crippen molar-refractivity contribution in [1.82, 2.24) is 0 Å². The highest BCUT2D eigenvalue weighted by molar-refractivity contribution is 5.95. The third-order valence-corrected chi connectivity index (χ3v) is 3.96. The molecular weight excluding hydrogens is 262 g/mol. The van der Waals surface area contributed by atoms with Crippen molar-refractivity contribution in [2.24, 2.45) is 0 Å². The van der Waals surface area contributed by atoms with Crippen molar-refractivity contribution in [2.45, 2.75) is 25.5 Å². The zero-order valence-electron chi connectivity index (χ0n) is 12.2. The molecule has 0 saturated carbocycles. The summed E-state index contributed by atoms with van der Waals surface area (Å²) in [6.07, 6.45) is 1.24. The number of hydrogen-bond acceptors (Lipinski definition) is 2. The Morgan fingerprint density at radius 3 is 2.57 bits per heavy atom. The maximum Gasteiger partial charge on any atom is 0.227 e. The van der Waals surface area contributed by atoms with Crippen molar-refractivity contribution in [3.05, 3.63) is 65.7 Å². The summed E-state index contributed by atoms with van der Waals surface area (Å²) in [6, 6.07) is 18.1. The lowest BCUT2D eigenvalue weighted by Crippen LogP contribution is -2.29. The van der Waals surface area contributed by atoms with Gasteiger partial charge in [-0.3, -0.25) is 4.79 Å². The second kappa shape index (κ2) is 6.10. The van der Waals surface area contributed by atoms with Crippen molar-refractivity contribution in [1.29, 1.82) is 0 Å². The lowest BCUT2D eigenvalue weighted by molar-refractivity contribution is -0.119. The Morgan fingerprint density at radius 2 is 1.81 bits per heavy atom. The number of benzene rings is 2. The molecule has 3 heteroatoms. The van der Waals surface area contributed by atoms with E-state index in [0.29, 0.717) is 13.0 Å². The minimum atomic E-state index is -0.00840. The van der Waals surface area contributed by atoms with E-state index in [4.69, 9.17) is 4.74 Å². The van der Waals surface area contributed by atoms with E-state index in [2.05, 4.69) is 18.2 Å². The third-order valence-electron chi connectivity index (χ3n) is 3.96. The summed E-state index contributed by atoms with van der Waals surface area (Å²) in [5.41, 5.74) is 3.20. The predicted molar refractivity (Wildman–Crippen MR) is 83.1 cm³/mol. The van der Waals surface area contributed by atoms with Gasteiger partial charge >= 0.3 is 0 Å². The number of anilines is 1. The molecule has 0 aromatic heterocycles. The van der Waals surface area contributed by atoms with Crippen LogP contribution in [0.5, 0.6) is 0 Å². The standard InChI is InChI=1S/C18H19NO2/c1-21-17-11-12-18(20)19(13-14-7-3-2-4-8-14)16-10-6-5-9-15(16)17/h2-10,17H,11-13H2,1H3. The Labute approximate surface area is 125 Å². The van der Waals surface area contributed by atoms with Crippen molar-refractivity contribution in [3.63, 3.8) is 0 Å². The molecule has 3 nitrogen and oxygen atoms in total. The number of nitrogens with zero attached hydrogens (tertiary/aromatic N) is 1. The van der Waals surface area contributed by atoms with E-state index in [9.17, 15) is 4.79 Å². The van der Waals surface area contributed by atoms with Gasteiger partial charge in [-0.2, -0.15) is 0 Å². The summed E-state index contributed by atoms with van der Waals surface area (Å²) in [5, 5.41) is 0. The molecule has 1 unspecified atom stereocenters. The first-order valence-corrected chi connectivity index (χ1v) is 7.25. The average Bonchev–Trinajstić information content (AvgIpc) is 2.66. The van der Waals surface area contributed by atoms with Crippen LogP contribution >= 0.6 is 0 Å². The Hall–Kier alpha value is -2.13. The number of methoxy groups -OCH3 is 1. The topological polar surface area (TPSA) is 29.5 Å². The van der Waals surface area contributed by atoms with Gasteiger partial charge in [0.25, 0.3) is 0 Å². The van der Waals surface area contributed by atoms with Crippen LogP contribution in [0.2, 0.25) is 0 Å². The summed E-state index contributed by atoms with van der Waals surface area (Å²) in [4.78, 5) is 14.4. The van der Waals surface area contributed by atoms with Crippen LogP contribution in [0.4, 0.5) is 5.69 Å². The Kier molecular flexibility index (Phi) is 4.02. The van der Waals surface area contributed by atoms with Gasteiger partial charge in [0.15, 0.2) is 0 Å². The number of para-hydroxylation sites is 1. The zero-order chi connectivity index (χ0) is 14.7. The fourth-order valence-corrected chi connectivity index (χ4v) is 2.87. The van der Waals surface area contributed by atoms with Gasteiger partial charge in [0, 0.05) is 24.8 Å². The molecule has 0 spiro atoms. The van der Waals surface area contributed by atoms with E-state index in [1.54, 1.807) is 7.11 Å². The number of fused-ring (bicyclic) bond motifs is 1. The molecular formula is C18H19NO2. The molecule has 1 heterocycles. The molecule has 1 aliphatic heterocycles. The SMILES string of the molecule is COC1CCC(=O)N(Cc2ccccc2)c2ccccc21. The lowest BCUT2D eigenvalue weighted by Gasteiger charge is -2.24. The monoisotopic (exact) mass is 281 g/mol. The van der Waals surface area contributed by atoms with Gasteiger partial charge in [-0.1, -0.05) is 48.5 Å². The predicted octanol–water partition coefficient (Wildman–Crippen LogP) is 3.70. The number of ether oxygens (including phenoxy) is 1. The van der Waals surface area contributed by atoms with Crippen LogP contribution in [0.1, 0.15) is 30.1 Å². The Balaban J connectivity index is 1.99. The van der Waals surface area contributed by atoms with Crippen LogP contribution in [0.3, 0.4) is 0 Å². The maximum atomic E-state index is 12.5. The van der Waals surface area contributed by atoms with Gasteiger partial charge in [-0.05, 0) is 18.1 Å². The number of carbonyl (C=O) groups is 1. The highest BCUT2D eigenvalue weighted by atomic mass is 16.5. The first-order chi connectivity index (χ1) is 10.3. The molecule has 21 heavy (non-hydrogen) atoms. The van der Waals surface area contributed by atoms with Gasteiger partial charge in [0.2, 0.25) is 5.91 Å². The highest BCUT2D eigenvalue weighted by Gasteiger charge is 2.27. The summed E-state index contributed by atoms with van der Waals surface area (Å²) < 4.78 is 5.57. The van der Waals surface area contributed by atoms with Crippen LogP contribution in [0.15, 0.2) is 54.6 Å². The summed E-state index contributed by atoms with van der Waals surface area (Å²) in [5.74, 6) is 0.158. The molecule has 1 amide bonds. The van der Waals surface area contributed by atoms with E-state index in [1.165, 1.54) is 0 Å². The van der Waals surface area contributed by atoms with E-state index >= 15 is 0 Å². The molecule has 0 aliphatic carbocycles. The first kappa shape index (κ1) is 13.8. The second-order valence-electron chi connectivity index (χ2n) is 5.29. The largest absolute Gasteiger partial charge is 0.377 e. The van der Waals surface area contributed by atoms with Crippen molar-refractivity contribution in [2.75, 3.05) is 12.0 Å². The van der Waals surface area contributed by atoms with E-state index in [0.717, 1.165) is 23.2 Å². The molecule has 3 rings (SSSR count). The van der Waals surface area contributed by atoms with Crippen LogP contribution in [-0.4, -0.2) is 13.0 Å². The van der Waals surface area contributed by atoms with Gasteiger partial charge in [0.05, 0.1) is 12.6 Å². The molecule has 1 aliphatic rings. The van der Waals surface area contributed by atoms with Gasteiger partial charge in [-0.15, -0.1) is 0 Å². The normalized spacial score (nSPS) is 18.2. The van der Waals surface area contributed by atoms with Crippen LogP contribution in [0, 0.1) is 0 Å². The van der Waals surface area contributed by atoms with Crippen molar-refractivity contribution >= 4 is 11.6 Å². The molecule has 2 aromatic rings. The fourth-order valence-electron chi connectivity index (χ4n) is 2.87.